The molecule has 1 amide bonds. The Kier molecular flexibility index (Phi) is 3.07. The minimum atomic E-state index is 0.147. The van der Waals surface area contributed by atoms with Crippen molar-refractivity contribution in [2.75, 3.05) is 11.9 Å². The highest BCUT2D eigenvalue weighted by atomic mass is 16.1. The zero-order chi connectivity index (χ0) is 13.2. The second kappa shape index (κ2) is 4.88. The average Bonchev–Trinajstić information content (AvgIpc) is 2.41. The number of rotatable bonds is 2. The van der Waals surface area contributed by atoms with Gasteiger partial charge in [0.2, 0.25) is 5.91 Å². The lowest BCUT2D eigenvalue weighted by Gasteiger charge is -2.25. The fourth-order valence-electron chi connectivity index (χ4n) is 2.50. The predicted octanol–water partition coefficient (Wildman–Crippen LogP) is 2.23. The number of amides is 1. The molecule has 1 aromatic heterocycles. The number of piperidine rings is 1. The van der Waals surface area contributed by atoms with Crippen LogP contribution in [0.4, 0.5) is 5.69 Å². The molecule has 2 aromatic rings. The van der Waals surface area contributed by atoms with Crippen molar-refractivity contribution in [2.24, 2.45) is 0 Å². The van der Waals surface area contributed by atoms with Crippen LogP contribution < -0.4 is 10.6 Å². The van der Waals surface area contributed by atoms with Gasteiger partial charge in [0.15, 0.2) is 0 Å². The van der Waals surface area contributed by atoms with E-state index in [0.717, 1.165) is 28.7 Å². The second-order valence-electron chi connectivity index (χ2n) is 5.01. The van der Waals surface area contributed by atoms with Gasteiger partial charge in [-0.25, -0.2) is 0 Å². The number of carbonyl (C=O) groups is 1. The lowest BCUT2D eigenvalue weighted by atomic mass is 10.1. The van der Waals surface area contributed by atoms with Crippen LogP contribution in [0.15, 0.2) is 30.3 Å². The number of benzene rings is 1. The van der Waals surface area contributed by atoms with E-state index in [1.54, 1.807) is 0 Å². The van der Waals surface area contributed by atoms with Crippen molar-refractivity contribution in [1.82, 2.24) is 10.3 Å². The maximum Gasteiger partial charge on any atom is 0.220 e. The van der Waals surface area contributed by atoms with Gasteiger partial charge in [-0.1, -0.05) is 18.2 Å². The molecule has 1 atom stereocenters. The lowest BCUT2D eigenvalue weighted by Crippen LogP contribution is -2.41. The van der Waals surface area contributed by atoms with Gasteiger partial charge < -0.3 is 10.6 Å². The number of aromatic nitrogens is 1. The molecule has 0 aliphatic carbocycles. The first kappa shape index (κ1) is 12.0. The van der Waals surface area contributed by atoms with Gasteiger partial charge in [0.25, 0.3) is 0 Å². The van der Waals surface area contributed by atoms with E-state index in [0.29, 0.717) is 19.0 Å². The molecule has 0 saturated carbocycles. The molecule has 4 nitrogen and oxygen atoms in total. The minimum absolute atomic E-state index is 0.147. The first-order valence-corrected chi connectivity index (χ1v) is 6.62. The van der Waals surface area contributed by atoms with Gasteiger partial charge in [0.1, 0.15) is 0 Å². The van der Waals surface area contributed by atoms with Crippen molar-refractivity contribution >= 4 is 22.5 Å². The summed E-state index contributed by atoms with van der Waals surface area (Å²) in [6.45, 7) is 2.69. The highest BCUT2D eigenvalue weighted by Gasteiger charge is 2.18. The van der Waals surface area contributed by atoms with Crippen molar-refractivity contribution in [3.8, 4) is 0 Å². The van der Waals surface area contributed by atoms with Gasteiger partial charge in [-0.3, -0.25) is 9.78 Å². The van der Waals surface area contributed by atoms with E-state index in [1.807, 2.05) is 25.1 Å². The van der Waals surface area contributed by atoms with Crippen molar-refractivity contribution in [1.29, 1.82) is 0 Å². The normalized spacial score (nSPS) is 19.2. The van der Waals surface area contributed by atoms with Gasteiger partial charge in [-0.15, -0.1) is 0 Å². The van der Waals surface area contributed by atoms with E-state index in [9.17, 15) is 4.79 Å². The van der Waals surface area contributed by atoms with Crippen LogP contribution >= 0.6 is 0 Å². The van der Waals surface area contributed by atoms with Gasteiger partial charge >= 0.3 is 0 Å². The van der Waals surface area contributed by atoms with Gasteiger partial charge in [0.05, 0.1) is 5.52 Å². The van der Waals surface area contributed by atoms with Crippen molar-refractivity contribution in [3.63, 3.8) is 0 Å². The molecule has 3 rings (SSSR count). The number of pyridine rings is 1. The Labute approximate surface area is 112 Å². The number of aryl methyl sites for hydroxylation is 1. The van der Waals surface area contributed by atoms with Crippen LogP contribution in [0.2, 0.25) is 0 Å². The fraction of sp³-hybridized carbons (Fsp3) is 0.333. The van der Waals surface area contributed by atoms with E-state index < -0.39 is 0 Å². The summed E-state index contributed by atoms with van der Waals surface area (Å²) in [4.78, 5) is 15.7. The van der Waals surface area contributed by atoms with Gasteiger partial charge in [0, 0.05) is 35.8 Å². The van der Waals surface area contributed by atoms with Crippen molar-refractivity contribution in [3.05, 3.63) is 36.0 Å². The summed E-state index contributed by atoms with van der Waals surface area (Å²) in [5.41, 5.74) is 3.11. The predicted molar refractivity (Wildman–Crippen MR) is 76.1 cm³/mol. The van der Waals surface area contributed by atoms with Crippen LogP contribution in [-0.2, 0) is 4.79 Å². The van der Waals surface area contributed by atoms with E-state index in [-0.39, 0.29) is 5.91 Å². The number of hydrogen-bond donors (Lipinski definition) is 2. The monoisotopic (exact) mass is 255 g/mol. The number of nitrogens with one attached hydrogen (secondary N) is 2. The highest BCUT2D eigenvalue weighted by Crippen LogP contribution is 2.24. The summed E-state index contributed by atoms with van der Waals surface area (Å²) >= 11 is 0. The topological polar surface area (TPSA) is 54.0 Å². The maximum absolute atomic E-state index is 11.2. The third kappa shape index (κ3) is 2.52. The van der Waals surface area contributed by atoms with Crippen molar-refractivity contribution in [2.45, 2.75) is 25.8 Å². The highest BCUT2D eigenvalue weighted by molar-refractivity contribution is 5.91. The summed E-state index contributed by atoms with van der Waals surface area (Å²) in [6.07, 6.45) is 1.47. The minimum Gasteiger partial charge on any atom is -0.380 e. The Morgan fingerprint density at radius 3 is 3.00 bits per heavy atom. The molecule has 1 saturated heterocycles. The Hall–Kier alpha value is -2.10. The third-order valence-corrected chi connectivity index (χ3v) is 3.47. The Morgan fingerprint density at radius 2 is 2.21 bits per heavy atom. The molecule has 98 valence electrons. The number of hydrogen-bond acceptors (Lipinski definition) is 3. The molecule has 2 heterocycles. The molecule has 4 heteroatoms. The third-order valence-electron chi connectivity index (χ3n) is 3.47. The van der Waals surface area contributed by atoms with Crippen LogP contribution in [-0.4, -0.2) is 23.5 Å². The molecule has 1 unspecified atom stereocenters. The van der Waals surface area contributed by atoms with E-state index in [4.69, 9.17) is 0 Å². The lowest BCUT2D eigenvalue weighted by molar-refractivity contribution is -0.122. The molecule has 0 spiro atoms. The summed E-state index contributed by atoms with van der Waals surface area (Å²) in [7, 11) is 0. The molecule has 0 bridgehead atoms. The first-order chi connectivity index (χ1) is 9.22. The zero-order valence-electron chi connectivity index (χ0n) is 10.9. The first-order valence-electron chi connectivity index (χ1n) is 6.62. The number of fused-ring (bicyclic) bond motifs is 1. The van der Waals surface area contributed by atoms with E-state index in [1.165, 1.54) is 0 Å². The molecular weight excluding hydrogens is 238 g/mol. The van der Waals surface area contributed by atoms with E-state index >= 15 is 0 Å². The average molecular weight is 255 g/mol. The molecule has 1 aromatic carbocycles. The second-order valence-corrected chi connectivity index (χ2v) is 5.01. The van der Waals surface area contributed by atoms with Crippen molar-refractivity contribution < 1.29 is 4.79 Å². The quantitative estimate of drug-likeness (QED) is 0.865. The smallest absolute Gasteiger partial charge is 0.220 e. The van der Waals surface area contributed by atoms with Crippen LogP contribution in [0.5, 0.6) is 0 Å². The molecule has 2 N–H and O–H groups in total. The number of nitrogens with zero attached hydrogens (tertiary/aromatic N) is 1. The zero-order valence-corrected chi connectivity index (χ0v) is 10.9. The number of carbonyl (C=O) groups excluding carboxylic acids is 1. The molecule has 1 aliphatic heterocycles. The largest absolute Gasteiger partial charge is 0.380 e. The van der Waals surface area contributed by atoms with Gasteiger partial charge in [-0.2, -0.15) is 0 Å². The maximum atomic E-state index is 11.2. The molecule has 1 fully saturated rings. The number of anilines is 1. The van der Waals surface area contributed by atoms with Crippen LogP contribution in [0.3, 0.4) is 0 Å². The Bertz CT molecular complexity index is 614. The van der Waals surface area contributed by atoms with Crippen LogP contribution in [0, 0.1) is 6.92 Å². The summed E-state index contributed by atoms with van der Waals surface area (Å²) in [6, 6.07) is 10.5. The fourth-order valence-corrected chi connectivity index (χ4v) is 2.50. The SMILES string of the molecule is Cc1cc(NC2CCC(=O)NC2)c2ccccc2n1. The van der Waals surface area contributed by atoms with Gasteiger partial charge in [-0.05, 0) is 25.5 Å². The Morgan fingerprint density at radius 1 is 1.37 bits per heavy atom. The summed E-state index contributed by atoms with van der Waals surface area (Å²) < 4.78 is 0. The standard InChI is InChI=1S/C15H17N3O/c1-10-8-14(12-4-2-3-5-13(12)17-10)18-11-6-7-15(19)16-9-11/h2-5,8,11H,6-7,9H2,1H3,(H,16,19)(H,17,18). The summed E-state index contributed by atoms with van der Waals surface area (Å²) in [5.74, 6) is 0.147. The molecular formula is C15H17N3O. The Balaban J connectivity index is 1.89. The van der Waals surface area contributed by atoms with Crippen LogP contribution in [0.25, 0.3) is 10.9 Å². The molecule has 0 radical (unpaired) electrons. The summed E-state index contributed by atoms with van der Waals surface area (Å²) in [5, 5.41) is 7.56. The van der Waals surface area contributed by atoms with E-state index in [2.05, 4.69) is 27.8 Å². The molecule has 1 aliphatic rings. The number of para-hydroxylation sites is 1. The molecule has 19 heavy (non-hydrogen) atoms. The van der Waals surface area contributed by atoms with Crippen LogP contribution in [0.1, 0.15) is 18.5 Å².